The molecule has 0 unspecified atom stereocenters. The van der Waals surface area contributed by atoms with Crippen molar-refractivity contribution in [1.29, 1.82) is 0 Å². The molecular formula is C87H82Cl7N11O15. The van der Waals surface area contributed by atoms with Crippen molar-refractivity contribution in [3.63, 3.8) is 0 Å². The second-order valence-corrected chi connectivity index (χ2v) is 32.2. The summed E-state index contributed by atoms with van der Waals surface area (Å²) in [5, 5.41) is 84.0. The Hall–Kier alpha value is -9.47. The third-order valence-electron chi connectivity index (χ3n) is 22.3. The lowest BCUT2D eigenvalue weighted by Gasteiger charge is -2.27. The van der Waals surface area contributed by atoms with Crippen LogP contribution < -0.4 is 11.0 Å². The van der Waals surface area contributed by atoms with E-state index in [4.69, 9.17) is 105 Å². The number of anilines is 2. The number of ether oxygens (including phenoxy) is 5. The molecule has 0 radical (unpaired) electrons. The first-order valence-electron chi connectivity index (χ1n) is 38.3. The van der Waals surface area contributed by atoms with Crippen LogP contribution in [-0.2, 0) is 42.9 Å². The lowest BCUT2D eigenvalue weighted by molar-refractivity contribution is -0.0848. The van der Waals surface area contributed by atoms with Crippen molar-refractivity contribution in [2.75, 3.05) is 30.8 Å². The molecule has 0 amide bonds. The molecule has 3 aliphatic heterocycles. The van der Waals surface area contributed by atoms with Crippen molar-refractivity contribution in [2.45, 2.75) is 114 Å². The Labute approximate surface area is 723 Å². The van der Waals surface area contributed by atoms with Gasteiger partial charge in [-0.25, -0.2) is 39.5 Å². The summed E-state index contributed by atoms with van der Waals surface area (Å²) < 4.78 is 37.1. The summed E-state index contributed by atoms with van der Waals surface area (Å²) >= 11 is 43.8. The minimum absolute atomic E-state index is 0.0135. The molecule has 120 heavy (non-hydrogen) atoms. The summed E-state index contributed by atoms with van der Waals surface area (Å²) in [6.45, 7) is 7.96. The SMILES string of the molecule is C[C@@H]1[C@H](C)[C@@H]([C@H](OC(=O)c2ccc(-c3ccccc3)cc2)c2ccc(Cl)c(Cl)c2)O[C@H]1n1cc(CCO)c2c(Cl)ncnc21.C[C@@H]1[C@H](C)[C@@H]([C@H](OC(=O)c2ccc(-c3ccccc3)cc2)c2ccc(Cl)c(Cl)c2)O[C@H]1n1cc(CCO)c2c(NO)ncnc21.OCCc1cn([C@@H]2O[C@H]([C@H](O)c3ccc(Cl)c(Cl)c3)[C@@H](O)[C@H]2O)c2ncnc(NO)c12. The van der Waals surface area contributed by atoms with Crippen LogP contribution in [0.2, 0.25) is 35.3 Å². The van der Waals surface area contributed by atoms with Crippen LogP contribution in [0.3, 0.4) is 0 Å². The van der Waals surface area contributed by atoms with Crippen LogP contribution in [0.5, 0.6) is 0 Å². The van der Waals surface area contributed by atoms with Crippen LogP contribution >= 0.6 is 81.2 Å². The maximum atomic E-state index is 13.6. The van der Waals surface area contributed by atoms with Crippen molar-refractivity contribution >= 4 is 138 Å². The molecule has 26 nitrogen and oxygen atoms in total. The fraction of sp³-hybridized carbons (Fsp3) is 0.287. The van der Waals surface area contributed by atoms with Gasteiger partial charge in [-0.3, -0.25) is 21.4 Å². The molecular weight excluding hydrogens is 1690 g/mol. The van der Waals surface area contributed by atoms with Gasteiger partial charge in [-0.2, -0.15) is 0 Å². The van der Waals surface area contributed by atoms with Gasteiger partial charge in [-0.05, 0) is 147 Å². The molecule has 0 saturated carbocycles. The van der Waals surface area contributed by atoms with Crippen LogP contribution in [0, 0.1) is 23.7 Å². The Morgan fingerprint density at radius 1 is 0.417 bits per heavy atom. The molecule has 0 aliphatic carbocycles. The zero-order valence-corrected chi connectivity index (χ0v) is 69.9. The number of aliphatic hydroxyl groups is 6. The third kappa shape index (κ3) is 17.9. The van der Waals surface area contributed by atoms with Crippen molar-refractivity contribution < 1.29 is 74.3 Å². The molecule has 3 fully saturated rings. The van der Waals surface area contributed by atoms with Crippen LogP contribution in [0.1, 0.15) is 119 Å². The number of nitrogens with zero attached hydrogens (tertiary/aromatic N) is 9. The minimum Gasteiger partial charge on any atom is -0.451 e. The van der Waals surface area contributed by atoms with E-state index >= 15 is 0 Å². The van der Waals surface area contributed by atoms with Crippen molar-refractivity contribution in [2.24, 2.45) is 23.7 Å². The normalized spacial score (nSPS) is 21.5. The molecule has 16 rings (SSSR count). The fourth-order valence-corrected chi connectivity index (χ4v) is 16.9. The van der Waals surface area contributed by atoms with E-state index in [-0.39, 0.29) is 66.6 Å². The zero-order valence-electron chi connectivity index (χ0n) is 64.6. The predicted molar refractivity (Wildman–Crippen MR) is 456 cm³/mol. The maximum absolute atomic E-state index is 13.6. The lowest BCUT2D eigenvalue weighted by Crippen LogP contribution is -2.34. The number of nitrogens with one attached hydrogen (secondary N) is 2. The lowest BCUT2D eigenvalue weighted by atomic mass is 9.88. The number of fused-ring (bicyclic) bond motifs is 3. The van der Waals surface area contributed by atoms with Crippen LogP contribution in [0.4, 0.5) is 11.6 Å². The van der Waals surface area contributed by atoms with E-state index in [0.29, 0.717) is 110 Å². The standard InChI is InChI=1S/C34H30Cl3N3O4.C34H32Cl2N4O5.C19H20Cl2N4O6/c1-19-20(2)33(40-17-25(14-15-41)28-31(37)38-18-39-32(28)40)43-29(19)30(24-12-13-26(35)27(36)16-24)44-34(42)23-10-8-22(9-11-23)21-6-4-3-5-7-21;1-19-20(2)33(40-17-25(14-15-41)28-31(39-43)37-18-38-32(28)40)44-29(19)30(24-12-13-26(35)27(36)16-24)45-34(42)23-10-8-22(9-11-23)21-6-4-3-5-7-21;20-10-2-1-8(5-11(10)21)13(27)16-14(28)15(29)19(31-16)25-6-9(3-4-26)12-17(24-30)22-7-23-18(12)25/h3-13,16-20,29-30,33,41H,14-15H2,1-2H3;3-13,16-20,29-30,33,41,43H,14-15H2,1-2H3,(H,37,38,39);1-2,5-7,13-16,19,26-30H,3-4H2,(H,22,23,24)/t2*19-,20+,29-,30+,33+;13-,14+,15-,16-,19-/m001/s1. The Balaban J connectivity index is 0.000000150. The largest absolute Gasteiger partial charge is 0.451 e. The molecule has 6 aromatic heterocycles. The predicted octanol–water partition coefficient (Wildman–Crippen LogP) is 17.3. The monoisotopic (exact) mass is 1770 g/mol. The van der Waals surface area contributed by atoms with Gasteiger partial charge in [0.25, 0.3) is 0 Å². The molecule has 13 aromatic rings. The molecule has 7 aromatic carbocycles. The summed E-state index contributed by atoms with van der Waals surface area (Å²) in [5.41, 5.74) is 14.3. The Bertz CT molecular complexity index is 5800. The first-order chi connectivity index (χ1) is 57.9. The van der Waals surface area contributed by atoms with E-state index < -0.39 is 79.5 Å². The number of rotatable bonds is 23. The number of carbonyl (C=O) groups excluding carboxylic acids is 2. The maximum Gasteiger partial charge on any atom is 0.338 e. The first kappa shape index (κ1) is 86.9. The van der Waals surface area contributed by atoms with Gasteiger partial charge in [0.1, 0.15) is 90.2 Å². The average molecular weight is 1770 g/mol. The smallest absolute Gasteiger partial charge is 0.338 e. The number of carbonyl (C=O) groups is 2. The van der Waals surface area contributed by atoms with Gasteiger partial charge in [0.05, 0.1) is 57.4 Å². The average Bonchev–Trinajstić information content (AvgIpc) is 1.61. The molecule has 15 atom stereocenters. The molecule has 0 bridgehead atoms. The highest BCUT2D eigenvalue weighted by molar-refractivity contribution is 6.43. The number of hydrogen-bond donors (Lipinski definition) is 10. The van der Waals surface area contributed by atoms with Crippen molar-refractivity contribution in [1.82, 2.24) is 43.6 Å². The van der Waals surface area contributed by atoms with Crippen LogP contribution in [0.25, 0.3) is 55.4 Å². The van der Waals surface area contributed by atoms with Gasteiger partial charge >= 0.3 is 11.9 Å². The summed E-state index contributed by atoms with van der Waals surface area (Å²) in [5.74, 6) is -0.833. The quantitative estimate of drug-likeness (QED) is 0.0161. The van der Waals surface area contributed by atoms with Crippen molar-refractivity contribution in [3.05, 3.63) is 281 Å². The van der Waals surface area contributed by atoms with Crippen LogP contribution in [-0.4, -0.2) is 147 Å². The zero-order chi connectivity index (χ0) is 84.9. The number of aliphatic hydroxyl groups excluding tert-OH is 6. The molecule has 10 N–H and O–H groups in total. The van der Waals surface area contributed by atoms with Gasteiger partial charge < -0.3 is 68.0 Å². The Kier molecular flexibility index (Phi) is 27.7. The van der Waals surface area contributed by atoms with E-state index in [9.17, 15) is 50.6 Å². The third-order valence-corrected chi connectivity index (χ3v) is 24.8. The van der Waals surface area contributed by atoms with E-state index in [2.05, 4.69) is 63.1 Å². The topological polar surface area (TPSA) is 358 Å². The highest BCUT2D eigenvalue weighted by Gasteiger charge is 2.50. The Morgan fingerprint density at radius 3 is 1.16 bits per heavy atom. The van der Waals surface area contributed by atoms with Crippen LogP contribution in [0.15, 0.2) is 201 Å². The second-order valence-electron chi connectivity index (χ2n) is 29.4. The van der Waals surface area contributed by atoms with E-state index in [1.807, 2.05) is 112 Å². The summed E-state index contributed by atoms with van der Waals surface area (Å²) in [4.78, 5) is 52.7. The van der Waals surface area contributed by atoms with E-state index in [0.717, 1.165) is 33.4 Å². The highest BCUT2D eigenvalue weighted by Crippen LogP contribution is 2.50. The van der Waals surface area contributed by atoms with Gasteiger partial charge in [-0.1, -0.05) is 212 Å². The highest BCUT2D eigenvalue weighted by atomic mass is 35.5. The van der Waals surface area contributed by atoms with Gasteiger partial charge in [0.15, 0.2) is 30.1 Å². The molecule has 0 spiro atoms. The number of hydrogen-bond acceptors (Lipinski definition) is 23. The summed E-state index contributed by atoms with van der Waals surface area (Å²) in [6, 6.07) is 49.4. The van der Waals surface area contributed by atoms with Gasteiger partial charge in [0.2, 0.25) is 0 Å². The molecule has 624 valence electrons. The summed E-state index contributed by atoms with van der Waals surface area (Å²) in [7, 11) is 0. The molecule has 33 heteroatoms. The number of esters is 2. The van der Waals surface area contributed by atoms with Crippen molar-refractivity contribution in [3.8, 4) is 22.3 Å². The van der Waals surface area contributed by atoms with E-state index in [1.54, 1.807) is 72.9 Å². The number of aromatic nitrogens is 9. The summed E-state index contributed by atoms with van der Waals surface area (Å²) in [6.07, 6.45) is 0.226. The number of halogens is 7. The molecule has 3 aliphatic rings. The fourth-order valence-electron chi connectivity index (χ4n) is 15.7. The Morgan fingerprint density at radius 2 is 0.767 bits per heavy atom. The minimum atomic E-state index is -1.43. The van der Waals surface area contributed by atoms with E-state index in [1.165, 1.54) is 35.7 Å². The van der Waals surface area contributed by atoms with Gasteiger partial charge in [0, 0.05) is 50.2 Å². The van der Waals surface area contributed by atoms with Gasteiger partial charge in [-0.15, -0.1) is 0 Å². The first-order valence-corrected chi connectivity index (χ1v) is 41.0. The molecule has 3 saturated heterocycles. The second kappa shape index (κ2) is 38.3. The number of benzene rings is 7. The molecule has 9 heterocycles.